The molecule has 17 heavy (non-hydrogen) atoms. The van der Waals surface area contributed by atoms with Crippen LogP contribution in [0.3, 0.4) is 0 Å². The Balaban J connectivity index is 2.46. The first-order valence-electron chi connectivity index (χ1n) is 5.94. The fraction of sp³-hybridized carbons (Fsp3) is 0.357. The van der Waals surface area contributed by atoms with E-state index in [9.17, 15) is 0 Å². The lowest BCUT2D eigenvalue weighted by molar-refractivity contribution is 0.548. The first-order chi connectivity index (χ1) is 8.03. The summed E-state index contributed by atoms with van der Waals surface area (Å²) in [5.41, 5.74) is 8.03. The van der Waals surface area contributed by atoms with Crippen LogP contribution >= 0.6 is 0 Å². The molecule has 0 bridgehead atoms. The van der Waals surface area contributed by atoms with Crippen molar-refractivity contribution >= 4 is 22.1 Å². The number of hydrogen-bond donors (Lipinski definition) is 2. The summed E-state index contributed by atoms with van der Waals surface area (Å²) in [6.45, 7) is 6.50. The highest BCUT2D eigenvalue weighted by Gasteiger charge is 2.16. The summed E-state index contributed by atoms with van der Waals surface area (Å²) in [6.07, 6.45) is 4.65. The van der Waals surface area contributed by atoms with Crippen molar-refractivity contribution in [2.45, 2.75) is 32.7 Å². The first-order valence-corrected chi connectivity index (χ1v) is 5.94. The minimum absolute atomic E-state index is 0.0504. The van der Waals surface area contributed by atoms with E-state index in [2.05, 4.69) is 31.1 Å². The Kier molecular flexibility index (Phi) is 2.92. The van der Waals surface area contributed by atoms with Gasteiger partial charge in [0, 0.05) is 28.7 Å². The lowest BCUT2D eigenvalue weighted by atomic mass is 10.0. The van der Waals surface area contributed by atoms with Gasteiger partial charge in [-0.2, -0.15) is 0 Å². The number of pyridine rings is 1. The van der Waals surface area contributed by atoms with Gasteiger partial charge in [-0.1, -0.05) is 13.0 Å². The zero-order valence-corrected chi connectivity index (χ0v) is 10.6. The van der Waals surface area contributed by atoms with Crippen LogP contribution in [0.4, 0.5) is 11.4 Å². The molecule has 0 atom stereocenters. The third kappa shape index (κ3) is 2.33. The van der Waals surface area contributed by atoms with Crippen molar-refractivity contribution in [3.8, 4) is 0 Å². The molecule has 0 amide bonds. The van der Waals surface area contributed by atoms with Crippen molar-refractivity contribution in [1.29, 1.82) is 0 Å². The Bertz CT molecular complexity index is 532. The molecule has 1 heterocycles. The second-order valence-corrected chi connectivity index (χ2v) is 4.99. The van der Waals surface area contributed by atoms with E-state index in [0.29, 0.717) is 0 Å². The number of nitrogens with zero attached hydrogens (tertiary/aromatic N) is 1. The van der Waals surface area contributed by atoms with Gasteiger partial charge in [-0.25, -0.2) is 0 Å². The SMILES string of the molecule is CCC(C)(C)Nc1ccc2cnccc2c1N. The van der Waals surface area contributed by atoms with Gasteiger partial charge in [0.25, 0.3) is 0 Å². The van der Waals surface area contributed by atoms with Crippen LogP contribution in [-0.4, -0.2) is 10.5 Å². The van der Waals surface area contributed by atoms with Gasteiger partial charge >= 0.3 is 0 Å². The van der Waals surface area contributed by atoms with Crippen molar-refractivity contribution < 1.29 is 0 Å². The Morgan fingerprint density at radius 2 is 2.06 bits per heavy atom. The van der Waals surface area contributed by atoms with Gasteiger partial charge in [0.1, 0.15) is 0 Å². The fourth-order valence-electron chi connectivity index (χ4n) is 1.75. The zero-order chi connectivity index (χ0) is 12.5. The van der Waals surface area contributed by atoms with Gasteiger partial charge in [0.05, 0.1) is 11.4 Å². The molecular formula is C14H19N3. The molecule has 0 fully saturated rings. The maximum absolute atomic E-state index is 6.19. The van der Waals surface area contributed by atoms with Crippen molar-refractivity contribution in [2.75, 3.05) is 11.1 Å². The monoisotopic (exact) mass is 229 g/mol. The van der Waals surface area contributed by atoms with Crippen LogP contribution in [0.15, 0.2) is 30.6 Å². The predicted molar refractivity (Wildman–Crippen MR) is 74.1 cm³/mol. The standard InChI is InChI=1S/C14H19N3/c1-4-14(2,3)17-12-6-5-10-9-16-8-7-11(10)13(12)15/h5-9,17H,4,15H2,1-3H3. The topological polar surface area (TPSA) is 50.9 Å². The molecule has 90 valence electrons. The summed E-state index contributed by atoms with van der Waals surface area (Å²) in [5.74, 6) is 0. The summed E-state index contributed by atoms with van der Waals surface area (Å²) < 4.78 is 0. The van der Waals surface area contributed by atoms with E-state index in [1.807, 2.05) is 24.4 Å². The minimum Gasteiger partial charge on any atom is -0.397 e. The van der Waals surface area contributed by atoms with Crippen LogP contribution < -0.4 is 11.1 Å². The highest BCUT2D eigenvalue weighted by atomic mass is 15.0. The molecule has 1 aromatic heterocycles. The molecular weight excluding hydrogens is 210 g/mol. The highest BCUT2D eigenvalue weighted by Crippen LogP contribution is 2.30. The van der Waals surface area contributed by atoms with E-state index < -0.39 is 0 Å². The second kappa shape index (κ2) is 4.24. The van der Waals surface area contributed by atoms with Crippen LogP contribution in [0, 0.1) is 0 Å². The molecule has 0 aliphatic carbocycles. The zero-order valence-electron chi connectivity index (χ0n) is 10.6. The lowest BCUT2D eigenvalue weighted by Gasteiger charge is -2.27. The number of hydrogen-bond acceptors (Lipinski definition) is 3. The molecule has 2 aromatic rings. The molecule has 0 saturated heterocycles. The molecule has 0 radical (unpaired) electrons. The number of benzene rings is 1. The summed E-state index contributed by atoms with van der Waals surface area (Å²) >= 11 is 0. The van der Waals surface area contributed by atoms with E-state index in [1.54, 1.807) is 6.20 Å². The molecule has 2 rings (SSSR count). The van der Waals surface area contributed by atoms with Crippen molar-refractivity contribution in [3.63, 3.8) is 0 Å². The summed E-state index contributed by atoms with van der Waals surface area (Å²) in [6, 6.07) is 6.03. The van der Waals surface area contributed by atoms with Crippen LogP contribution in [-0.2, 0) is 0 Å². The van der Waals surface area contributed by atoms with E-state index in [-0.39, 0.29) is 5.54 Å². The molecule has 0 aliphatic heterocycles. The third-order valence-electron chi connectivity index (χ3n) is 3.22. The molecule has 0 unspecified atom stereocenters. The van der Waals surface area contributed by atoms with E-state index >= 15 is 0 Å². The summed E-state index contributed by atoms with van der Waals surface area (Å²) in [4.78, 5) is 4.10. The van der Waals surface area contributed by atoms with Gasteiger partial charge in [0.2, 0.25) is 0 Å². The number of nitrogens with two attached hydrogens (primary N) is 1. The van der Waals surface area contributed by atoms with Crippen LogP contribution in [0.5, 0.6) is 0 Å². The van der Waals surface area contributed by atoms with E-state index in [1.165, 1.54) is 0 Å². The number of nitrogen functional groups attached to an aromatic ring is 1. The molecule has 3 nitrogen and oxygen atoms in total. The number of fused-ring (bicyclic) bond motifs is 1. The van der Waals surface area contributed by atoms with Gasteiger partial charge in [-0.3, -0.25) is 4.98 Å². The third-order valence-corrected chi connectivity index (χ3v) is 3.22. The molecule has 3 heteroatoms. The van der Waals surface area contributed by atoms with Gasteiger partial charge in [0.15, 0.2) is 0 Å². The maximum atomic E-state index is 6.19. The predicted octanol–water partition coefficient (Wildman–Crippen LogP) is 3.42. The first kappa shape index (κ1) is 11.7. The van der Waals surface area contributed by atoms with Gasteiger partial charge in [-0.15, -0.1) is 0 Å². The lowest BCUT2D eigenvalue weighted by Crippen LogP contribution is -2.30. The molecule has 1 aromatic carbocycles. The number of nitrogens with one attached hydrogen (secondary N) is 1. The van der Waals surface area contributed by atoms with Crippen LogP contribution in [0.1, 0.15) is 27.2 Å². The molecule has 3 N–H and O–H groups in total. The summed E-state index contributed by atoms with van der Waals surface area (Å²) in [5, 5.41) is 5.61. The fourth-order valence-corrected chi connectivity index (χ4v) is 1.75. The van der Waals surface area contributed by atoms with E-state index in [0.717, 1.165) is 28.6 Å². The quantitative estimate of drug-likeness (QED) is 0.793. The number of anilines is 2. The van der Waals surface area contributed by atoms with Gasteiger partial charge in [-0.05, 0) is 32.4 Å². The number of rotatable bonds is 3. The Morgan fingerprint density at radius 3 is 2.76 bits per heavy atom. The van der Waals surface area contributed by atoms with Crippen LogP contribution in [0.2, 0.25) is 0 Å². The normalized spacial score (nSPS) is 11.7. The average Bonchev–Trinajstić information content (AvgIpc) is 2.33. The molecule has 0 aliphatic rings. The van der Waals surface area contributed by atoms with Crippen molar-refractivity contribution in [3.05, 3.63) is 30.6 Å². The second-order valence-electron chi connectivity index (χ2n) is 4.99. The highest BCUT2D eigenvalue weighted by molar-refractivity contribution is 5.98. The molecule has 0 saturated carbocycles. The minimum atomic E-state index is 0.0504. The number of aromatic nitrogens is 1. The smallest absolute Gasteiger partial charge is 0.0630 e. The summed E-state index contributed by atoms with van der Waals surface area (Å²) in [7, 11) is 0. The maximum Gasteiger partial charge on any atom is 0.0630 e. The van der Waals surface area contributed by atoms with Crippen molar-refractivity contribution in [2.24, 2.45) is 0 Å². The van der Waals surface area contributed by atoms with Crippen LogP contribution in [0.25, 0.3) is 10.8 Å². The Labute approximate surface area is 102 Å². The van der Waals surface area contributed by atoms with E-state index in [4.69, 9.17) is 5.73 Å². The van der Waals surface area contributed by atoms with Crippen molar-refractivity contribution in [1.82, 2.24) is 4.98 Å². The Morgan fingerprint density at radius 1 is 1.29 bits per heavy atom. The molecule has 0 spiro atoms. The average molecular weight is 229 g/mol. The largest absolute Gasteiger partial charge is 0.397 e. The van der Waals surface area contributed by atoms with Gasteiger partial charge < -0.3 is 11.1 Å². The Hall–Kier alpha value is -1.77.